The summed E-state index contributed by atoms with van der Waals surface area (Å²) < 4.78 is 13.6. The van der Waals surface area contributed by atoms with Crippen molar-refractivity contribution in [2.24, 2.45) is 5.92 Å². The molecule has 1 unspecified atom stereocenters. The number of carbonyl (C=O) groups excluding carboxylic acids is 1. The van der Waals surface area contributed by atoms with Crippen molar-refractivity contribution < 1.29 is 19.1 Å². The summed E-state index contributed by atoms with van der Waals surface area (Å²) >= 11 is 0. The molecule has 5 heteroatoms. The minimum absolute atomic E-state index is 0.0619. The Kier molecular flexibility index (Phi) is 4.49. The fraction of sp³-hybridized carbons (Fsp3) is 0.467. The average Bonchev–Trinajstić information content (AvgIpc) is 2.40. The number of hydrogen-bond acceptors (Lipinski definition) is 3. The molecule has 1 aromatic carbocycles. The highest BCUT2D eigenvalue weighted by atomic mass is 19.1. The Morgan fingerprint density at radius 2 is 2.25 bits per heavy atom. The number of piperidine rings is 1. The van der Waals surface area contributed by atoms with E-state index in [1.807, 2.05) is 6.92 Å². The highest BCUT2D eigenvalue weighted by Gasteiger charge is 2.25. The van der Waals surface area contributed by atoms with E-state index < -0.39 is 11.8 Å². The maximum Gasteiger partial charge on any atom is 0.338 e. The van der Waals surface area contributed by atoms with Crippen molar-refractivity contribution in [3.8, 4) is 0 Å². The van der Waals surface area contributed by atoms with Gasteiger partial charge in [0.2, 0.25) is 0 Å². The molecule has 20 heavy (non-hydrogen) atoms. The number of aromatic carboxylic acids is 1. The third kappa shape index (κ3) is 3.22. The quantitative estimate of drug-likeness (QED) is 0.919. The van der Waals surface area contributed by atoms with Crippen molar-refractivity contribution in [1.29, 1.82) is 0 Å². The second-order valence-corrected chi connectivity index (χ2v) is 5.18. The number of halogens is 1. The lowest BCUT2D eigenvalue weighted by Crippen LogP contribution is -2.40. The number of carboxylic acid groups (broad SMARTS) is 1. The zero-order valence-corrected chi connectivity index (χ0v) is 11.4. The first-order valence-electron chi connectivity index (χ1n) is 6.78. The Balaban J connectivity index is 2.05. The molecule has 0 bridgehead atoms. The molecular weight excluding hydrogens is 261 g/mol. The van der Waals surface area contributed by atoms with Crippen LogP contribution in [0.3, 0.4) is 0 Å². The normalized spacial score (nSPS) is 20.1. The first-order valence-corrected chi connectivity index (χ1v) is 6.78. The summed E-state index contributed by atoms with van der Waals surface area (Å²) in [6, 6.07) is 4.18. The van der Waals surface area contributed by atoms with Gasteiger partial charge in [-0.15, -0.1) is 0 Å². The van der Waals surface area contributed by atoms with E-state index in [0.717, 1.165) is 12.0 Å². The highest BCUT2D eigenvalue weighted by Crippen LogP contribution is 2.19. The van der Waals surface area contributed by atoms with Gasteiger partial charge < -0.3 is 5.11 Å². The van der Waals surface area contributed by atoms with E-state index in [2.05, 4.69) is 4.90 Å². The molecule has 0 aliphatic carbocycles. The van der Waals surface area contributed by atoms with E-state index in [0.29, 0.717) is 31.8 Å². The van der Waals surface area contributed by atoms with Crippen molar-refractivity contribution in [1.82, 2.24) is 4.90 Å². The van der Waals surface area contributed by atoms with E-state index >= 15 is 0 Å². The predicted molar refractivity (Wildman–Crippen MR) is 72.0 cm³/mol. The number of Topliss-reactive ketones (excluding diaryl/α,β-unsaturated/α-hetero) is 1. The lowest BCUT2D eigenvalue weighted by molar-refractivity contribution is -0.126. The molecule has 1 heterocycles. The van der Waals surface area contributed by atoms with Crippen LogP contribution in [0.15, 0.2) is 18.2 Å². The fourth-order valence-corrected chi connectivity index (χ4v) is 2.57. The summed E-state index contributed by atoms with van der Waals surface area (Å²) in [6.07, 6.45) is 1.36. The number of carboxylic acids is 1. The maximum absolute atomic E-state index is 13.6. The number of hydrogen-bond donors (Lipinski definition) is 1. The summed E-state index contributed by atoms with van der Waals surface area (Å²) in [5, 5.41) is 8.79. The summed E-state index contributed by atoms with van der Waals surface area (Å²) in [5.41, 5.74) is 0.422. The smallest absolute Gasteiger partial charge is 0.338 e. The van der Waals surface area contributed by atoms with Gasteiger partial charge in [0.15, 0.2) is 0 Å². The Morgan fingerprint density at radius 3 is 2.85 bits per heavy atom. The summed E-state index contributed by atoms with van der Waals surface area (Å²) in [7, 11) is 0. The molecule has 0 aromatic heterocycles. The number of ketones is 1. The van der Waals surface area contributed by atoms with E-state index in [-0.39, 0.29) is 11.5 Å². The van der Waals surface area contributed by atoms with Gasteiger partial charge in [-0.3, -0.25) is 9.69 Å². The van der Waals surface area contributed by atoms with Gasteiger partial charge in [0.25, 0.3) is 0 Å². The van der Waals surface area contributed by atoms with Crippen LogP contribution in [0.4, 0.5) is 4.39 Å². The fourth-order valence-electron chi connectivity index (χ4n) is 2.57. The topological polar surface area (TPSA) is 57.6 Å². The van der Waals surface area contributed by atoms with Crippen LogP contribution >= 0.6 is 0 Å². The molecule has 0 saturated carbocycles. The Morgan fingerprint density at radius 1 is 1.50 bits per heavy atom. The molecule has 0 radical (unpaired) electrons. The van der Waals surface area contributed by atoms with Crippen molar-refractivity contribution in [2.75, 3.05) is 13.1 Å². The molecule has 0 spiro atoms. The second-order valence-electron chi connectivity index (χ2n) is 5.18. The molecule has 108 valence electrons. The van der Waals surface area contributed by atoms with Gasteiger partial charge in [-0.05, 0) is 24.1 Å². The minimum Gasteiger partial charge on any atom is -0.478 e. The van der Waals surface area contributed by atoms with Gasteiger partial charge in [0.1, 0.15) is 11.6 Å². The third-order valence-corrected chi connectivity index (χ3v) is 3.77. The molecule has 1 atom stereocenters. The van der Waals surface area contributed by atoms with Crippen molar-refractivity contribution in [2.45, 2.75) is 26.3 Å². The number of benzene rings is 1. The van der Waals surface area contributed by atoms with Crippen LogP contribution in [0.1, 0.15) is 35.7 Å². The molecule has 4 nitrogen and oxygen atoms in total. The number of carbonyl (C=O) groups is 2. The Labute approximate surface area is 117 Å². The third-order valence-electron chi connectivity index (χ3n) is 3.77. The molecule has 1 aliphatic heterocycles. The van der Waals surface area contributed by atoms with Crippen LogP contribution in [-0.2, 0) is 11.3 Å². The largest absolute Gasteiger partial charge is 0.478 e. The van der Waals surface area contributed by atoms with Crippen molar-refractivity contribution in [3.63, 3.8) is 0 Å². The zero-order chi connectivity index (χ0) is 14.7. The number of nitrogens with zero attached hydrogens (tertiary/aromatic N) is 1. The van der Waals surface area contributed by atoms with E-state index in [9.17, 15) is 14.0 Å². The van der Waals surface area contributed by atoms with Crippen molar-refractivity contribution in [3.05, 3.63) is 35.1 Å². The Bertz CT molecular complexity index is 530. The van der Waals surface area contributed by atoms with E-state index in [4.69, 9.17) is 5.11 Å². The number of rotatable bonds is 4. The molecule has 1 fully saturated rings. The lowest BCUT2D eigenvalue weighted by Gasteiger charge is -2.31. The predicted octanol–water partition coefficient (Wildman–Crippen LogP) is 2.32. The summed E-state index contributed by atoms with van der Waals surface area (Å²) in [5.74, 6) is -1.61. The van der Waals surface area contributed by atoms with Gasteiger partial charge >= 0.3 is 5.97 Å². The zero-order valence-electron chi connectivity index (χ0n) is 11.4. The molecule has 0 amide bonds. The number of likely N-dealkylation sites (tertiary alicyclic amines) is 1. The van der Waals surface area contributed by atoms with Gasteiger partial charge in [-0.25, -0.2) is 9.18 Å². The highest BCUT2D eigenvalue weighted by molar-refractivity contribution is 5.87. The van der Waals surface area contributed by atoms with Gasteiger partial charge in [0.05, 0.1) is 5.56 Å². The summed E-state index contributed by atoms with van der Waals surface area (Å²) in [4.78, 5) is 24.5. The van der Waals surface area contributed by atoms with Crippen LogP contribution < -0.4 is 0 Å². The maximum atomic E-state index is 13.6. The van der Waals surface area contributed by atoms with E-state index in [1.165, 1.54) is 12.1 Å². The van der Waals surface area contributed by atoms with Crippen LogP contribution in [0.5, 0.6) is 0 Å². The molecule has 1 saturated heterocycles. The first-order chi connectivity index (χ1) is 9.51. The molecular formula is C15H18FNO3. The standard InChI is InChI=1S/C15H18FNO3/c1-2-11-9-17(6-5-14(11)18)8-10-3-4-12(15(19)20)13(16)7-10/h3-4,7,11H,2,5-6,8-9H2,1H3,(H,19,20). The minimum atomic E-state index is -1.26. The van der Waals surface area contributed by atoms with Crippen LogP contribution in [0, 0.1) is 11.7 Å². The lowest BCUT2D eigenvalue weighted by atomic mass is 9.94. The molecule has 1 N–H and O–H groups in total. The van der Waals surface area contributed by atoms with E-state index in [1.54, 1.807) is 6.07 Å². The molecule has 1 aromatic rings. The Hall–Kier alpha value is -1.75. The second kappa shape index (κ2) is 6.13. The SMILES string of the molecule is CCC1CN(Cc2ccc(C(=O)O)c(F)c2)CCC1=O. The van der Waals surface area contributed by atoms with Gasteiger partial charge in [0, 0.05) is 32.0 Å². The van der Waals surface area contributed by atoms with Crippen LogP contribution in [0.2, 0.25) is 0 Å². The average molecular weight is 279 g/mol. The van der Waals surface area contributed by atoms with Gasteiger partial charge in [-0.2, -0.15) is 0 Å². The van der Waals surface area contributed by atoms with Crippen LogP contribution in [-0.4, -0.2) is 34.8 Å². The summed E-state index contributed by atoms with van der Waals surface area (Å²) in [6.45, 7) is 3.91. The van der Waals surface area contributed by atoms with Gasteiger partial charge in [-0.1, -0.05) is 13.0 Å². The molecule has 2 rings (SSSR count). The molecule has 1 aliphatic rings. The van der Waals surface area contributed by atoms with Crippen LogP contribution in [0.25, 0.3) is 0 Å². The monoisotopic (exact) mass is 279 g/mol. The first kappa shape index (κ1) is 14.7. The van der Waals surface area contributed by atoms with Crippen molar-refractivity contribution >= 4 is 11.8 Å².